The molecule has 26 heavy (non-hydrogen) atoms. The van der Waals surface area contributed by atoms with Gasteiger partial charge in [0.1, 0.15) is 0 Å². The Morgan fingerprint density at radius 2 is 1.62 bits per heavy atom. The van der Waals surface area contributed by atoms with Crippen LogP contribution in [0, 0.1) is 22.2 Å². The van der Waals surface area contributed by atoms with Crippen LogP contribution in [0.4, 0.5) is 4.79 Å². The molecule has 1 spiro atoms. The molecule has 2 amide bonds. The van der Waals surface area contributed by atoms with Gasteiger partial charge in [-0.1, -0.05) is 34.6 Å². The highest BCUT2D eigenvalue weighted by molar-refractivity contribution is 5.75. The predicted octanol–water partition coefficient (Wildman–Crippen LogP) is 3.78. The molecule has 1 N–H and O–H groups in total. The summed E-state index contributed by atoms with van der Waals surface area (Å²) in [6.45, 7) is 14.4. The molecular weight excluding hydrogens is 328 g/mol. The van der Waals surface area contributed by atoms with Crippen molar-refractivity contribution in [3.05, 3.63) is 0 Å². The van der Waals surface area contributed by atoms with Crippen LogP contribution in [0.25, 0.3) is 0 Å². The van der Waals surface area contributed by atoms with Gasteiger partial charge in [-0.3, -0.25) is 0 Å². The molecule has 0 aromatic carbocycles. The zero-order chi connectivity index (χ0) is 18.8. The number of ether oxygens (including phenoxy) is 2. The maximum Gasteiger partial charge on any atom is 0.317 e. The molecule has 5 heteroatoms. The van der Waals surface area contributed by atoms with Crippen LogP contribution in [0.5, 0.6) is 0 Å². The summed E-state index contributed by atoms with van der Waals surface area (Å²) in [6, 6.07) is 0.410. The molecule has 0 radical (unpaired) electrons. The van der Waals surface area contributed by atoms with Crippen LogP contribution in [-0.2, 0) is 9.47 Å². The van der Waals surface area contributed by atoms with E-state index in [1.54, 1.807) is 0 Å². The Hall–Kier alpha value is -0.810. The van der Waals surface area contributed by atoms with Gasteiger partial charge < -0.3 is 19.7 Å². The molecule has 0 aromatic rings. The molecule has 4 fully saturated rings. The number of hydrogen-bond acceptors (Lipinski definition) is 3. The van der Waals surface area contributed by atoms with E-state index in [4.69, 9.17) is 9.47 Å². The fraction of sp³-hybridized carbons (Fsp3) is 0.952. The fourth-order valence-electron chi connectivity index (χ4n) is 5.74. The van der Waals surface area contributed by atoms with Gasteiger partial charge in [-0.25, -0.2) is 4.79 Å². The standard InChI is InChI=1S/C21H36N2O3/c1-18(2)13-25-21(26-14-18)8-10-23(11-9-21)17(24)22-16-12-15-6-7-20(16,5)19(15,3)4/h15-16H,6-14H2,1-5H3,(H,22,24)/t15-,16-,20-/m1/s1. The van der Waals surface area contributed by atoms with E-state index in [2.05, 4.69) is 39.9 Å². The molecule has 0 unspecified atom stereocenters. The van der Waals surface area contributed by atoms with Crippen LogP contribution in [0.1, 0.15) is 66.7 Å². The molecule has 148 valence electrons. The summed E-state index contributed by atoms with van der Waals surface area (Å²) in [5.41, 5.74) is 0.642. The summed E-state index contributed by atoms with van der Waals surface area (Å²) >= 11 is 0. The Balaban J connectivity index is 1.33. The zero-order valence-electron chi connectivity index (χ0n) is 17.2. The van der Waals surface area contributed by atoms with Crippen LogP contribution in [-0.4, -0.2) is 49.1 Å². The molecule has 2 aliphatic heterocycles. The average molecular weight is 365 g/mol. The number of nitrogens with zero attached hydrogens (tertiary/aromatic N) is 1. The number of fused-ring (bicyclic) bond motifs is 2. The smallest absolute Gasteiger partial charge is 0.317 e. The summed E-state index contributed by atoms with van der Waals surface area (Å²) in [7, 11) is 0. The molecule has 3 atom stereocenters. The van der Waals surface area contributed by atoms with E-state index in [1.165, 1.54) is 12.8 Å². The number of piperidine rings is 1. The van der Waals surface area contributed by atoms with Crippen molar-refractivity contribution in [1.82, 2.24) is 10.2 Å². The second-order valence-corrected chi connectivity index (χ2v) is 10.8. The predicted molar refractivity (Wildman–Crippen MR) is 101 cm³/mol. The lowest BCUT2D eigenvalue weighted by Gasteiger charge is -2.47. The van der Waals surface area contributed by atoms with E-state index >= 15 is 0 Å². The van der Waals surface area contributed by atoms with Gasteiger partial charge in [0, 0.05) is 37.4 Å². The summed E-state index contributed by atoms with van der Waals surface area (Å²) in [5, 5.41) is 3.39. The van der Waals surface area contributed by atoms with Gasteiger partial charge in [0.15, 0.2) is 5.79 Å². The molecule has 2 bridgehead atoms. The lowest BCUT2D eigenvalue weighted by molar-refractivity contribution is -0.311. The molecule has 0 aromatic heterocycles. The first-order valence-corrected chi connectivity index (χ1v) is 10.4. The van der Waals surface area contributed by atoms with Crippen molar-refractivity contribution < 1.29 is 14.3 Å². The lowest BCUT2D eigenvalue weighted by atomic mass is 9.69. The Kier molecular flexibility index (Phi) is 4.17. The number of hydrogen-bond donors (Lipinski definition) is 1. The largest absolute Gasteiger partial charge is 0.349 e. The SMILES string of the molecule is CC1(C)COC2(CCN(C(=O)N[C@@H]3C[C@H]4CC[C@@]3(C)C4(C)C)CC2)OC1. The number of amides is 2. The van der Waals surface area contributed by atoms with Crippen molar-refractivity contribution in [3.8, 4) is 0 Å². The summed E-state index contributed by atoms with van der Waals surface area (Å²) < 4.78 is 12.2. The van der Waals surface area contributed by atoms with E-state index in [0.29, 0.717) is 24.5 Å². The highest BCUT2D eigenvalue weighted by Gasteiger charge is 2.61. The summed E-state index contributed by atoms with van der Waals surface area (Å²) in [4.78, 5) is 14.8. The van der Waals surface area contributed by atoms with Crippen LogP contribution in [0.3, 0.4) is 0 Å². The minimum absolute atomic E-state index is 0.0871. The third-order valence-electron chi connectivity index (χ3n) is 8.36. The number of rotatable bonds is 1. The average Bonchev–Trinajstić information content (AvgIpc) is 2.92. The van der Waals surface area contributed by atoms with Gasteiger partial charge in [-0.05, 0) is 36.0 Å². The first kappa shape index (κ1) is 18.5. The molecule has 5 nitrogen and oxygen atoms in total. The molecule has 4 aliphatic rings. The monoisotopic (exact) mass is 364 g/mol. The number of likely N-dealkylation sites (tertiary alicyclic amines) is 1. The quantitative estimate of drug-likeness (QED) is 0.770. The second-order valence-electron chi connectivity index (χ2n) is 10.8. The third kappa shape index (κ3) is 2.77. The van der Waals surface area contributed by atoms with E-state index < -0.39 is 5.79 Å². The minimum atomic E-state index is -0.466. The van der Waals surface area contributed by atoms with E-state index in [9.17, 15) is 4.79 Å². The number of carbonyl (C=O) groups is 1. The van der Waals surface area contributed by atoms with Crippen LogP contribution in [0.2, 0.25) is 0 Å². The lowest BCUT2D eigenvalue weighted by Crippen LogP contribution is -2.57. The number of carbonyl (C=O) groups excluding carboxylic acids is 1. The summed E-state index contributed by atoms with van der Waals surface area (Å²) in [6.07, 6.45) is 5.22. The van der Waals surface area contributed by atoms with Crippen molar-refractivity contribution in [1.29, 1.82) is 0 Å². The second kappa shape index (κ2) is 5.84. The Bertz CT molecular complexity index is 568. The van der Waals surface area contributed by atoms with E-state index in [1.807, 2.05) is 4.90 Å². The first-order chi connectivity index (χ1) is 12.1. The molecule has 2 aliphatic carbocycles. The summed E-state index contributed by atoms with van der Waals surface area (Å²) in [5.74, 6) is 0.280. The molecule has 2 heterocycles. The van der Waals surface area contributed by atoms with Gasteiger partial charge in [0.05, 0.1) is 13.2 Å². The fourth-order valence-corrected chi connectivity index (χ4v) is 5.74. The van der Waals surface area contributed by atoms with Crippen LogP contribution in [0.15, 0.2) is 0 Å². The van der Waals surface area contributed by atoms with Gasteiger partial charge in [-0.15, -0.1) is 0 Å². The maximum absolute atomic E-state index is 12.9. The molecule has 4 rings (SSSR count). The topological polar surface area (TPSA) is 50.8 Å². The Labute approximate surface area is 158 Å². The van der Waals surface area contributed by atoms with Gasteiger partial charge in [0.2, 0.25) is 0 Å². The normalized spacial score (nSPS) is 40.0. The molecular formula is C21H36N2O3. The highest BCUT2D eigenvalue weighted by Crippen LogP contribution is 2.65. The number of urea groups is 1. The van der Waals surface area contributed by atoms with Crippen molar-refractivity contribution in [3.63, 3.8) is 0 Å². The van der Waals surface area contributed by atoms with E-state index in [-0.39, 0.29) is 16.9 Å². The van der Waals surface area contributed by atoms with Gasteiger partial charge in [-0.2, -0.15) is 0 Å². The van der Waals surface area contributed by atoms with Crippen LogP contribution >= 0.6 is 0 Å². The maximum atomic E-state index is 12.9. The van der Waals surface area contributed by atoms with Gasteiger partial charge in [0.25, 0.3) is 0 Å². The first-order valence-electron chi connectivity index (χ1n) is 10.4. The number of nitrogens with one attached hydrogen (secondary N) is 1. The molecule has 2 saturated carbocycles. The van der Waals surface area contributed by atoms with Crippen molar-refractivity contribution in [2.75, 3.05) is 26.3 Å². The molecule has 2 saturated heterocycles. The highest BCUT2D eigenvalue weighted by atomic mass is 16.7. The minimum Gasteiger partial charge on any atom is -0.349 e. The van der Waals surface area contributed by atoms with Crippen LogP contribution < -0.4 is 5.32 Å². The Morgan fingerprint density at radius 3 is 2.12 bits per heavy atom. The van der Waals surface area contributed by atoms with Crippen molar-refractivity contribution in [2.45, 2.75) is 78.6 Å². The zero-order valence-corrected chi connectivity index (χ0v) is 17.2. The Morgan fingerprint density at radius 1 is 1.00 bits per heavy atom. The van der Waals surface area contributed by atoms with E-state index in [0.717, 1.165) is 38.4 Å². The van der Waals surface area contributed by atoms with Crippen molar-refractivity contribution >= 4 is 6.03 Å². The van der Waals surface area contributed by atoms with Crippen molar-refractivity contribution in [2.24, 2.45) is 22.2 Å². The third-order valence-corrected chi connectivity index (χ3v) is 8.36. The van der Waals surface area contributed by atoms with Gasteiger partial charge >= 0.3 is 6.03 Å².